The van der Waals surface area contributed by atoms with Gasteiger partial charge in [-0.25, -0.2) is 4.79 Å². The molecule has 0 saturated carbocycles. The van der Waals surface area contributed by atoms with Crippen molar-refractivity contribution in [1.29, 1.82) is 0 Å². The summed E-state index contributed by atoms with van der Waals surface area (Å²) in [6.45, 7) is 4.27. The van der Waals surface area contributed by atoms with Gasteiger partial charge in [-0.15, -0.1) is 11.8 Å². The van der Waals surface area contributed by atoms with Gasteiger partial charge in [-0.1, -0.05) is 30.3 Å². The lowest BCUT2D eigenvalue weighted by Gasteiger charge is -2.44. The fourth-order valence-electron chi connectivity index (χ4n) is 4.19. The van der Waals surface area contributed by atoms with Crippen molar-refractivity contribution in [3.8, 4) is 0 Å². The van der Waals surface area contributed by atoms with Crippen molar-refractivity contribution in [3.05, 3.63) is 35.9 Å². The number of nitrogens with one attached hydrogen (secondary N) is 1. The number of fused-ring (bicyclic) bond motifs is 1. The van der Waals surface area contributed by atoms with Gasteiger partial charge in [-0.2, -0.15) is 0 Å². The number of benzene rings is 1. The van der Waals surface area contributed by atoms with E-state index in [0.29, 0.717) is 13.0 Å². The molecular weight excluding hydrogens is 406 g/mol. The average Bonchev–Trinajstić information content (AvgIpc) is 3.23. The first kappa shape index (κ1) is 20.7. The van der Waals surface area contributed by atoms with Gasteiger partial charge < -0.3 is 19.9 Å². The Morgan fingerprint density at radius 3 is 2.63 bits per heavy atom. The number of nitrogens with zero attached hydrogens (tertiary/aromatic N) is 2. The second-order valence-electron chi connectivity index (χ2n) is 8.32. The second-order valence-corrected chi connectivity index (χ2v) is 10.1. The minimum absolute atomic E-state index is 0.0260. The summed E-state index contributed by atoms with van der Waals surface area (Å²) in [5.74, 6) is -1.05. The Morgan fingerprint density at radius 1 is 1.23 bits per heavy atom. The number of carbonyl (C=O) groups excluding carboxylic acids is 4. The summed E-state index contributed by atoms with van der Waals surface area (Å²) in [6, 6.07) is 7.92. The van der Waals surface area contributed by atoms with Crippen LogP contribution in [0.1, 0.15) is 32.3 Å². The third-order valence-electron chi connectivity index (χ3n) is 5.72. The van der Waals surface area contributed by atoms with Crippen molar-refractivity contribution >= 4 is 35.5 Å². The van der Waals surface area contributed by atoms with E-state index >= 15 is 0 Å². The molecule has 3 fully saturated rings. The summed E-state index contributed by atoms with van der Waals surface area (Å²) < 4.78 is 4.82. The number of hydrogen-bond acceptors (Lipinski definition) is 6. The highest BCUT2D eigenvalue weighted by molar-refractivity contribution is 8.01. The molecule has 4 rings (SSSR count). The number of thioether (sulfide) groups is 1. The third-order valence-corrected chi connectivity index (χ3v) is 7.29. The minimum Gasteiger partial charge on any atom is -0.443 e. The molecule has 1 N–H and O–H groups in total. The summed E-state index contributed by atoms with van der Waals surface area (Å²) in [7, 11) is 0. The van der Waals surface area contributed by atoms with Crippen LogP contribution in [0.4, 0.5) is 0 Å². The maximum atomic E-state index is 12.8. The van der Waals surface area contributed by atoms with Gasteiger partial charge in [-0.05, 0) is 25.8 Å². The molecule has 0 aromatic heterocycles. The molecule has 3 aliphatic heterocycles. The number of hydrogen-bond donors (Lipinski definition) is 1. The Labute approximate surface area is 179 Å². The fraction of sp³-hybridized carbons (Fsp3) is 0.524. The van der Waals surface area contributed by atoms with Gasteiger partial charge in [0.2, 0.25) is 17.7 Å². The number of carbonyl (C=O) groups is 4. The van der Waals surface area contributed by atoms with E-state index in [4.69, 9.17) is 4.74 Å². The fourth-order valence-corrected chi connectivity index (χ4v) is 5.81. The predicted octanol–water partition coefficient (Wildman–Crippen LogP) is 0.899. The van der Waals surface area contributed by atoms with E-state index in [0.717, 1.165) is 12.0 Å². The zero-order chi connectivity index (χ0) is 21.5. The molecule has 3 heterocycles. The molecule has 0 aliphatic carbocycles. The molecule has 8 nitrogen and oxygen atoms in total. The Bertz CT molecular complexity index is 875. The van der Waals surface area contributed by atoms with E-state index < -0.39 is 22.8 Å². The summed E-state index contributed by atoms with van der Waals surface area (Å²) in [6.07, 6.45) is 1.43. The van der Waals surface area contributed by atoms with Crippen LogP contribution in [-0.2, 0) is 30.3 Å². The molecule has 9 heteroatoms. The molecule has 3 aliphatic rings. The molecule has 3 amide bonds. The Morgan fingerprint density at radius 2 is 1.97 bits per heavy atom. The molecule has 1 unspecified atom stereocenters. The number of amides is 3. The smallest absolute Gasteiger partial charge is 0.332 e. The quantitative estimate of drug-likeness (QED) is 0.531. The minimum atomic E-state index is -0.750. The summed E-state index contributed by atoms with van der Waals surface area (Å²) >= 11 is 1.48. The maximum absolute atomic E-state index is 12.8. The standard InChI is InChI=1S/C21H25N3O5S/c1-21(2)17(20(28)29-12-23-10-6-9-15(23)26)24-18(27)16(19(24)30-21)22-14(25)11-13-7-4-3-5-8-13/h3-5,7-8,16-17,19H,6,9-12H2,1-2H3,(H,22,25)/t16-,17+,19?/m1/s1. The highest BCUT2D eigenvalue weighted by atomic mass is 32.2. The first-order valence-electron chi connectivity index (χ1n) is 10.1. The largest absolute Gasteiger partial charge is 0.443 e. The number of esters is 1. The van der Waals surface area contributed by atoms with Crippen LogP contribution in [-0.4, -0.2) is 69.0 Å². The molecule has 0 spiro atoms. The number of rotatable bonds is 6. The van der Waals surface area contributed by atoms with Crippen molar-refractivity contribution in [3.63, 3.8) is 0 Å². The third kappa shape index (κ3) is 3.78. The molecule has 1 aromatic carbocycles. The summed E-state index contributed by atoms with van der Waals surface area (Å²) in [5.41, 5.74) is 0.871. The molecule has 0 radical (unpaired) electrons. The van der Waals surface area contributed by atoms with Crippen LogP contribution in [0, 0.1) is 0 Å². The van der Waals surface area contributed by atoms with Crippen LogP contribution in [0.15, 0.2) is 30.3 Å². The Balaban J connectivity index is 1.37. The highest BCUT2D eigenvalue weighted by Crippen LogP contribution is 2.51. The summed E-state index contributed by atoms with van der Waals surface area (Å²) in [5, 5.41) is 2.50. The lowest BCUT2D eigenvalue weighted by atomic mass is 9.96. The van der Waals surface area contributed by atoms with Crippen LogP contribution in [0.2, 0.25) is 0 Å². The van der Waals surface area contributed by atoms with Gasteiger partial charge in [0.1, 0.15) is 17.5 Å². The van der Waals surface area contributed by atoms with E-state index in [-0.39, 0.29) is 36.2 Å². The molecule has 0 bridgehead atoms. The SMILES string of the molecule is CC1(C)SC2[C@H](NC(=O)Cc3ccccc3)C(=O)N2[C@H]1C(=O)OCN1CCCC1=O. The van der Waals surface area contributed by atoms with Crippen molar-refractivity contribution in [2.24, 2.45) is 0 Å². The maximum Gasteiger partial charge on any atom is 0.332 e. The molecular formula is C21H25N3O5S. The zero-order valence-electron chi connectivity index (χ0n) is 17.0. The highest BCUT2D eigenvalue weighted by Gasteiger charge is 2.64. The molecule has 3 saturated heterocycles. The van der Waals surface area contributed by atoms with E-state index in [9.17, 15) is 19.2 Å². The topological polar surface area (TPSA) is 96.0 Å². The summed E-state index contributed by atoms with van der Waals surface area (Å²) in [4.78, 5) is 52.7. The van der Waals surface area contributed by atoms with Crippen LogP contribution in [0.5, 0.6) is 0 Å². The van der Waals surface area contributed by atoms with Crippen molar-refractivity contribution in [1.82, 2.24) is 15.1 Å². The number of β-lactam (4-membered cyclic amide) rings is 1. The monoisotopic (exact) mass is 431 g/mol. The van der Waals surface area contributed by atoms with Gasteiger partial charge in [0, 0.05) is 17.7 Å². The number of ether oxygens (including phenoxy) is 1. The number of likely N-dealkylation sites (tertiary alicyclic amines) is 1. The molecule has 160 valence electrons. The second kappa shape index (κ2) is 7.94. The average molecular weight is 432 g/mol. The zero-order valence-corrected chi connectivity index (χ0v) is 17.8. The van der Waals surface area contributed by atoms with Crippen molar-refractivity contribution < 1.29 is 23.9 Å². The van der Waals surface area contributed by atoms with Gasteiger partial charge >= 0.3 is 5.97 Å². The van der Waals surface area contributed by atoms with Gasteiger partial charge in [0.25, 0.3) is 0 Å². The van der Waals surface area contributed by atoms with Crippen molar-refractivity contribution in [2.45, 2.75) is 55.3 Å². The van der Waals surface area contributed by atoms with E-state index in [1.165, 1.54) is 21.6 Å². The van der Waals surface area contributed by atoms with Gasteiger partial charge in [0.15, 0.2) is 6.73 Å². The normalized spacial score (nSPS) is 26.9. The van der Waals surface area contributed by atoms with Crippen LogP contribution in [0.3, 0.4) is 0 Å². The van der Waals surface area contributed by atoms with E-state index in [1.807, 2.05) is 44.2 Å². The van der Waals surface area contributed by atoms with E-state index in [2.05, 4.69) is 5.32 Å². The Kier molecular flexibility index (Phi) is 5.48. The molecule has 30 heavy (non-hydrogen) atoms. The lowest BCUT2D eigenvalue weighted by Crippen LogP contribution is -2.70. The molecule has 1 aromatic rings. The molecule has 3 atom stereocenters. The van der Waals surface area contributed by atoms with E-state index in [1.54, 1.807) is 0 Å². The van der Waals surface area contributed by atoms with Gasteiger partial charge in [-0.3, -0.25) is 14.4 Å². The van der Waals surface area contributed by atoms with Crippen LogP contribution >= 0.6 is 11.8 Å². The van der Waals surface area contributed by atoms with Gasteiger partial charge in [0.05, 0.1) is 6.42 Å². The lowest BCUT2D eigenvalue weighted by molar-refractivity contribution is -0.167. The van der Waals surface area contributed by atoms with Crippen molar-refractivity contribution in [2.75, 3.05) is 13.3 Å². The first-order valence-corrected chi connectivity index (χ1v) is 10.9. The van der Waals surface area contributed by atoms with Crippen LogP contribution in [0.25, 0.3) is 0 Å². The first-order chi connectivity index (χ1) is 14.3. The van der Waals surface area contributed by atoms with Crippen LogP contribution < -0.4 is 5.32 Å². The predicted molar refractivity (Wildman–Crippen MR) is 110 cm³/mol. The Hall–Kier alpha value is -2.55.